The van der Waals surface area contributed by atoms with Crippen molar-refractivity contribution in [2.75, 3.05) is 0 Å². The number of halogens is 1. The molecule has 0 fully saturated rings. The van der Waals surface area contributed by atoms with E-state index in [2.05, 4.69) is 34.8 Å². The summed E-state index contributed by atoms with van der Waals surface area (Å²) in [5.74, 6) is -0.377. The molecule has 0 spiro atoms. The van der Waals surface area contributed by atoms with E-state index in [0.717, 1.165) is 16.6 Å². The first-order chi connectivity index (χ1) is 9.31. The van der Waals surface area contributed by atoms with E-state index in [1.54, 1.807) is 6.20 Å². The Morgan fingerprint density at radius 1 is 1.45 bits per heavy atom. The lowest BCUT2D eigenvalue weighted by Crippen LogP contribution is -2.34. The highest BCUT2D eigenvalue weighted by atomic mass is 79.9. The molecule has 0 aliphatic heterocycles. The van der Waals surface area contributed by atoms with Gasteiger partial charge in [-0.15, -0.1) is 0 Å². The molecule has 0 saturated carbocycles. The molecule has 112 valence electrons. The van der Waals surface area contributed by atoms with E-state index in [0.29, 0.717) is 5.92 Å². The summed E-state index contributed by atoms with van der Waals surface area (Å²) in [4.78, 5) is 15.5. The summed E-state index contributed by atoms with van der Waals surface area (Å²) < 4.78 is 21.2. The first-order valence-corrected chi connectivity index (χ1v) is 8.28. The average molecular weight is 363 g/mol. The summed E-state index contributed by atoms with van der Waals surface area (Å²) in [6.07, 6.45) is 2.76. The molecule has 3 atom stereocenters. The second-order valence-corrected chi connectivity index (χ2v) is 7.08. The van der Waals surface area contributed by atoms with Crippen LogP contribution in [0.3, 0.4) is 0 Å². The smallest absolute Gasteiger partial charge is 0.235 e. The molecule has 5 nitrogen and oxygen atoms in total. The number of nitrogens with two attached hydrogens (primary N) is 1. The molecular formula is C13H19BrN2O3S. The molecule has 1 aromatic heterocycles. The van der Waals surface area contributed by atoms with E-state index < -0.39 is 22.2 Å². The van der Waals surface area contributed by atoms with Crippen LogP contribution in [0.4, 0.5) is 0 Å². The highest BCUT2D eigenvalue weighted by Gasteiger charge is 2.27. The summed E-state index contributed by atoms with van der Waals surface area (Å²) in [7, 11) is 0. The number of aromatic nitrogens is 1. The van der Waals surface area contributed by atoms with Crippen molar-refractivity contribution in [1.82, 2.24) is 4.98 Å². The van der Waals surface area contributed by atoms with Crippen LogP contribution in [0.25, 0.3) is 0 Å². The summed E-state index contributed by atoms with van der Waals surface area (Å²) in [5.41, 5.74) is 6.15. The number of hydrogen-bond donors (Lipinski definition) is 2. The van der Waals surface area contributed by atoms with Crippen LogP contribution < -0.4 is 5.73 Å². The highest BCUT2D eigenvalue weighted by molar-refractivity contribution is 9.10. The zero-order chi connectivity index (χ0) is 15.3. The van der Waals surface area contributed by atoms with Crippen molar-refractivity contribution < 1.29 is 13.6 Å². The molecule has 20 heavy (non-hydrogen) atoms. The topological polar surface area (TPSA) is 93.3 Å². The fraction of sp³-hybridized carbons (Fsp3) is 0.538. The minimum absolute atomic E-state index is 0.0239. The minimum Gasteiger partial charge on any atom is -0.369 e. The zero-order valence-electron chi connectivity index (χ0n) is 11.5. The van der Waals surface area contributed by atoms with Gasteiger partial charge in [0.2, 0.25) is 5.91 Å². The van der Waals surface area contributed by atoms with Crippen LogP contribution in [0.1, 0.15) is 38.2 Å². The molecule has 3 unspecified atom stereocenters. The third-order valence-electron chi connectivity index (χ3n) is 3.04. The number of carbonyl (C=O) groups is 1. The number of hydrogen-bond acceptors (Lipinski definition) is 3. The maximum atomic E-state index is 11.3. The van der Waals surface area contributed by atoms with E-state index in [4.69, 9.17) is 5.73 Å². The van der Waals surface area contributed by atoms with Gasteiger partial charge in [-0.05, 0) is 52.2 Å². The van der Waals surface area contributed by atoms with Gasteiger partial charge in [-0.3, -0.25) is 4.79 Å². The molecule has 0 saturated heterocycles. The molecule has 1 rings (SSSR count). The van der Waals surface area contributed by atoms with Crippen LogP contribution in [0.5, 0.6) is 0 Å². The van der Waals surface area contributed by atoms with Crippen LogP contribution in [-0.4, -0.2) is 24.9 Å². The Hall–Kier alpha value is -0.790. The monoisotopic (exact) mass is 362 g/mol. The lowest BCUT2D eigenvalue weighted by Gasteiger charge is -2.22. The lowest BCUT2D eigenvalue weighted by molar-refractivity contribution is -0.117. The van der Waals surface area contributed by atoms with Gasteiger partial charge in [0, 0.05) is 6.20 Å². The summed E-state index contributed by atoms with van der Waals surface area (Å²) in [6.45, 7) is 4.13. The second-order valence-electron chi connectivity index (χ2n) is 5.14. The van der Waals surface area contributed by atoms with Crippen molar-refractivity contribution in [3.63, 3.8) is 0 Å². The van der Waals surface area contributed by atoms with Gasteiger partial charge in [-0.25, -0.2) is 9.19 Å². The van der Waals surface area contributed by atoms with Crippen molar-refractivity contribution >= 4 is 32.9 Å². The maximum absolute atomic E-state index is 11.3. The Kier molecular flexibility index (Phi) is 6.78. The van der Waals surface area contributed by atoms with E-state index >= 15 is 0 Å². The van der Waals surface area contributed by atoms with Gasteiger partial charge in [0.05, 0.1) is 0 Å². The second kappa shape index (κ2) is 7.85. The zero-order valence-corrected chi connectivity index (χ0v) is 13.9. The van der Waals surface area contributed by atoms with Crippen molar-refractivity contribution in [1.29, 1.82) is 0 Å². The Bertz CT molecular complexity index is 465. The van der Waals surface area contributed by atoms with E-state index in [1.165, 1.54) is 0 Å². The molecule has 1 amide bonds. The van der Waals surface area contributed by atoms with Crippen molar-refractivity contribution in [3.8, 4) is 0 Å². The van der Waals surface area contributed by atoms with Crippen molar-refractivity contribution in [3.05, 3.63) is 28.5 Å². The first-order valence-electron chi connectivity index (χ1n) is 6.31. The Labute approximate surface area is 129 Å². The molecule has 0 aromatic carbocycles. The quantitative estimate of drug-likeness (QED) is 0.575. The summed E-state index contributed by atoms with van der Waals surface area (Å²) in [5, 5.41) is -1.05. The standard InChI is InChI=1S/C13H19BrN2O3S/c1-8(2)5-10(6-11(13(15)17)20(18)19)9-3-4-12(14)16-7-9/h3-4,7-8,10-11H,5-6H2,1-2H3,(H2,15,17)(H,18,19). The van der Waals surface area contributed by atoms with Gasteiger partial charge in [-0.1, -0.05) is 19.9 Å². The number of pyridine rings is 1. The number of carbonyl (C=O) groups excluding carboxylic acids is 1. The first kappa shape index (κ1) is 17.3. The number of primary amides is 1. The van der Waals surface area contributed by atoms with E-state index in [-0.39, 0.29) is 12.3 Å². The predicted octanol–water partition coefficient (Wildman–Crippen LogP) is 2.44. The summed E-state index contributed by atoms with van der Waals surface area (Å²) in [6, 6.07) is 3.72. The predicted molar refractivity (Wildman–Crippen MR) is 82.5 cm³/mol. The minimum atomic E-state index is -2.25. The van der Waals surface area contributed by atoms with E-state index in [9.17, 15) is 13.6 Å². The van der Waals surface area contributed by atoms with E-state index in [1.807, 2.05) is 12.1 Å². The molecule has 0 aliphatic rings. The largest absolute Gasteiger partial charge is 0.369 e. The molecule has 1 aromatic rings. The average Bonchev–Trinajstić information content (AvgIpc) is 2.34. The maximum Gasteiger partial charge on any atom is 0.235 e. The molecule has 1 heterocycles. The normalized spacial score (nSPS) is 15.8. The third kappa shape index (κ3) is 5.30. The van der Waals surface area contributed by atoms with Crippen molar-refractivity contribution in [2.45, 2.75) is 37.9 Å². The SMILES string of the molecule is CC(C)CC(CC(C(N)=O)S(=O)O)c1ccc(Br)nc1. The van der Waals surface area contributed by atoms with Gasteiger partial charge in [0.15, 0.2) is 11.1 Å². The van der Waals surface area contributed by atoms with Gasteiger partial charge >= 0.3 is 0 Å². The molecule has 3 N–H and O–H groups in total. The fourth-order valence-electron chi connectivity index (χ4n) is 2.12. The number of amides is 1. The number of rotatable bonds is 7. The molecule has 0 bridgehead atoms. The van der Waals surface area contributed by atoms with Crippen molar-refractivity contribution in [2.24, 2.45) is 11.7 Å². The van der Waals surface area contributed by atoms with Crippen LogP contribution in [0, 0.1) is 5.92 Å². The van der Waals surface area contributed by atoms with Crippen LogP contribution in [0.15, 0.2) is 22.9 Å². The molecular weight excluding hydrogens is 344 g/mol. The lowest BCUT2D eigenvalue weighted by atomic mass is 9.87. The van der Waals surface area contributed by atoms with Gasteiger partial charge in [0.25, 0.3) is 0 Å². The third-order valence-corrected chi connectivity index (χ3v) is 4.42. The highest BCUT2D eigenvalue weighted by Crippen LogP contribution is 2.29. The van der Waals surface area contributed by atoms with Gasteiger partial charge < -0.3 is 10.3 Å². The Balaban J connectivity index is 2.97. The fourth-order valence-corrected chi connectivity index (χ4v) is 2.95. The Morgan fingerprint density at radius 2 is 2.10 bits per heavy atom. The van der Waals surface area contributed by atoms with Crippen LogP contribution in [0.2, 0.25) is 0 Å². The van der Waals surface area contributed by atoms with Crippen LogP contribution in [-0.2, 0) is 15.9 Å². The van der Waals surface area contributed by atoms with Crippen LogP contribution >= 0.6 is 15.9 Å². The van der Waals surface area contributed by atoms with Gasteiger partial charge in [-0.2, -0.15) is 0 Å². The van der Waals surface area contributed by atoms with Gasteiger partial charge in [0.1, 0.15) is 9.85 Å². The molecule has 0 radical (unpaired) electrons. The number of nitrogens with zero attached hydrogens (tertiary/aromatic N) is 1. The Morgan fingerprint density at radius 3 is 2.50 bits per heavy atom. The molecule has 0 aliphatic carbocycles. The summed E-state index contributed by atoms with van der Waals surface area (Å²) >= 11 is 1.02. The molecule has 7 heteroatoms.